The maximum absolute atomic E-state index is 8.66. The topological polar surface area (TPSA) is 54.5 Å². The van der Waals surface area contributed by atoms with E-state index < -0.39 is 0 Å². The minimum atomic E-state index is 0.417. The van der Waals surface area contributed by atoms with Crippen molar-refractivity contribution in [2.45, 2.75) is 49.7 Å². The van der Waals surface area contributed by atoms with Gasteiger partial charge in [-0.05, 0) is 12.8 Å². The summed E-state index contributed by atoms with van der Waals surface area (Å²) in [7, 11) is 0. The molecule has 0 bridgehead atoms. The molecule has 0 atom stereocenters. The molecular weight excluding hydrogens is 244 g/mol. The van der Waals surface area contributed by atoms with E-state index in [0.717, 1.165) is 17.5 Å². The summed E-state index contributed by atoms with van der Waals surface area (Å²) in [5.41, 5.74) is 0. The second kappa shape index (κ2) is 6.60. The van der Waals surface area contributed by atoms with Crippen LogP contribution in [-0.2, 0) is 6.54 Å². The van der Waals surface area contributed by atoms with E-state index >= 15 is 0 Å². The molecule has 1 aromatic rings. The van der Waals surface area contributed by atoms with Gasteiger partial charge in [0.05, 0.1) is 11.8 Å². The Bertz CT molecular complexity index is 440. The number of nitrogens with zero attached hydrogens (tertiary/aromatic N) is 4. The second-order valence-corrected chi connectivity index (χ2v) is 5.46. The van der Waals surface area contributed by atoms with Crippen molar-refractivity contribution in [3.05, 3.63) is 18.5 Å². The van der Waals surface area contributed by atoms with Crippen LogP contribution < -0.4 is 0 Å². The van der Waals surface area contributed by atoms with Crippen LogP contribution in [-0.4, -0.2) is 20.5 Å². The summed E-state index contributed by atoms with van der Waals surface area (Å²) in [5.74, 6) is 2.03. The third-order valence-corrected chi connectivity index (χ3v) is 4.13. The summed E-state index contributed by atoms with van der Waals surface area (Å²) in [6.45, 7) is 4.52. The molecular formula is C13H18N4S. The van der Waals surface area contributed by atoms with Crippen LogP contribution in [0.3, 0.4) is 0 Å². The van der Waals surface area contributed by atoms with Crippen LogP contribution >= 0.6 is 11.8 Å². The fraction of sp³-hybridized carbons (Fsp3) is 0.615. The molecule has 0 aromatic carbocycles. The normalized spacial score (nSPS) is 16.4. The van der Waals surface area contributed by atoms with Gasteiger partial charge < -0.3 is 4.57 Å². The third kappa shape index (κ3) is 2.94. The first-order valence-corrected chi connectivity index (χ1v) is 7.39. The van der Waals surface area contributed by atoms with Crippen molar-refractivity contribution in [1.29, 1.82) is 5.26 Å². The summed E-state index contributed by atoms with van der Waals surface area (Å²) in [6.07, 6.45) is 8.18. The Hall–Kier alpha value is -1.28. The van der Waals surface area contributed by atoms with E-state index in [0.29, 0.717) is 11.7 Å². The minimum absolute atomic E-state index is 0.417. The molecule has 0 saturated heterocycles. The third-order valence-electron chi connectivity index (χ3n) is 3.29. The Morgan fingerprint density at radius 1 is 1.39 bits per heavy atom. The van der Waals surface area contributed by atoms with E-state index in [9.17, 15) is 0 Å². The highest BCUT2D eigenvalue weighted by molar-refractivity contribution is 7.99. The van der Waals surface area contributed by atoms with Gasteiger partial charge in [-0.1, -0.05) is 37.1 Å². The number of aromatic nitrogens is 3. The van der Waals surface area contributed by atoms with Gasteiger partial charge in [0, 0.05) is 12.5 Å². The van der Waals surface area contributed by atoms with Gasteiger partial charge in [0.1, 0.15) is 5.82 Å². The highest BCUT2D eigenvalue weighted by Gasteiger charge is 2.22. The molecule has 4 nitrogen and oxygen atoms in total. The zero-order valence-corrected chi connectivity index (χ0v) is 11.3. The fourth-order valence-electron chi connectivity index (χ4n) is 2.47. The molecule has 1 saturated carbocycles. The summed E-state index contributed by atoms with van der Waals surface area (Å²) >= 11 is 1.45. The number of hydrogen-bond acceptors (Lipinski definition) is 4. The molecule has 1 heterocycles. The average molecular weight is 262 g/mol. The molecule has 0 spiro atoms. The van der Waals surface area contributed by atoms with Crippen molar-refractivity contribution in [3.63, 3.8) is 0 Å². The Kier molecular flexibility index (Phi) is 4.82. The highest BCUT2D eigenvalue weighted by atomic mass is 32.2. The Morgan fingerprint density at radius 2 is 2.17 bits per heavy atom. The van der Waals surface area contributed by atoms with E-state index in [-0.39, 0.29) is 0 Å². The van der Waals surface area contributed by atoms with E-state index in [1.807, 2.05) is 6.08 Å². The molecule has 96 valence electrons. The first kappa shape index (κ1) is 13.2. The zero-order valence-electron chi connectivity index (χ0n) is 10.5. The van der Waals surface area contributed by atoms with Crippen molar-refractivity contribution in [1.82, 2.24) is 14.8 Å². The zero-order chi connectivity index (χ0) is 12.8. The standard InChI is InChI=1S/C13H18N4S/c1-2-9-17-12(11-6-4-3-5-7-11)15-16-13(17)18-10-8-14/h2,11H,1,3-7,9-10H2. The van der Waals surface area contributed by atoms with Gasteiger partial charge in [-0.3, -0.25) is 0 Å². The molecule has 0 radical (unpaired) electrons. The van der Waals surface area contributed by atoms with E-state index in [4.69, 9.17) is 5.26 Å². The van der Waals surface area contributed by atoms with E-state index in [1.165, 1.54) is 43.9 Å². The average Bonchev–Trinajstić information content (AvgIpc) is 2.81. The minimum Gasteiger partial charge on any atom is -0.302 e. The highest BCUT2D eigenvalue weighted by Crippen LogP contribution is 2.33. The maximum atomic E-state index is 8.66. The van der Waals surface area contributed by atoms with Crippen molar-refractivity contribution in [2.75, 3.05) is 5.75 Å². The monoisotopic (exact) mass is 262 g/mol. The number of rotatable bonds is 5. The van der Waals surface area contributed by atoms with Gasteiger partial charge in [0.15, 0.2) is 5.16 Å². The molecule has 0 N–H and O–H groups in total. The predicted octanol–water partition coefficient (Wildman–Crippen LogP) is 3.13. The molecule has 5 heteroatoms. The second-order valence-electron chi connectivity index (χ2n) is 4.52. The molecule has 2 rings (SSSR count). The smallest absolute Gasteiger partial charge is 0.192 e. The van der Waals surface area contributed by atoms with Crippen molar-refractivity contribution in [3.8, 4) is 6.07 Å². The lowest BCUT2D eigenvalue weighted by Crippen LogP contribution is -2.12. The Morgan fingerprint density at radius 3 is 2.83 bits per heavy atom. The lowest BCUT2D eigenvalue weighted by Gasteiger charge is -2.21. The maximum Gasteiger partial charge on any atom is 0.192 e. The molecule has 1 aliphatic carbocycles. The van der Waals surface area contributed by atoms with Crippen LogP contribution in [0, 0.1) is 11.3 Å². The molecule has 1 fully saturated rings. The number of nitriles is 1. The Balaban J connectivity index is 2.20. The number of thioether (sulfide) groups is 1. The molecule has 18 heavy (non-hydrogen) atoms. The van der Waals surface area contributed by atoms with Crippen LogP contribution in [0.4, 0.5) is 0 Å². The molecule has 1 aromatic heterocycles. The van der Waals surface area contributed by atoms with E-state index in [1.54, 1.807) is 0 Å². The van der Waals surface area contributed by atoms with Gasteiger partial charge >= 0.3 is 0 Å². The molecule has 0 aliphatic heterocycles. The largest absolute Gasteiger partial charge is 0.302 e. The van der Waals surface area contributed by atoms with Crippen LogP contribution in [0.25, 0.3) is 0 Å². The first-order valence-electron chi connectivity index (χ1n) is 6.40. The molecule has 0 unspecified atom stereocenters. The van der Waals surface area contributed by atoms with E-state index in [2.05, 4.69) is 27.4 Å². The van der Waals surface area contributed by atoms with Crippen LogP contribution in [0.2, 0.25) is 0 Å². The van der Waals surface area contributed by atoms with Crippen molar-refractivity contribution < 1.29 is 0 Å². The van der Waals surface area contributed by atoms with Gasteiger partial charge in [0.2, 0.25) is 0 Å². The quantitative estimate of drug-likeness (QED) is 0.604. The summed E-state index contributed by atoms with van der Waals surface area (Å²) in [5, 5.41) is 18.1. The first-order chi connectivity index (χ1) is 8.86. The van der Waals surface area contributed by atoms with Crippen LogP contribution in [0.15, 0.2) is 17.8 Å². The van der Waals surface area contributed by atoms with Crippen LogP contribution in [0.1, 0.15) is 43.8 Å². The van der Waals surface area contributed by atoms with Crippen molar-refractivity contribution in [2.24, 2.45) is 0 Å². The molecule has 1 aliphatic rings. The fourth-order valence-corrected chi connectivity index (χ4v) is 3.08. The van der Waals surface area contributed by atoms with Gasteiger partial charge in [-0.15, -0.1) is 16.8 Å². The van der Waals surface area contributed by atoms with Gasteiger partial charge in [0.25, 0.3) is 0 Å². The van der Waals surface area contributed by atoms with Crippen LogP contribution in [0.5, 0.6) is 0 Å². The predicted molar refractivity (Wildman–Crippen MR) is 72.4 cm³/mol. The lowest BCUT2D eigenvalue weighted by atomic mass is 9.89. The van der Waals surface area contributed by atoms with Crippen molar-refractivity contribution >= 4 is 11.8 Å². The summed E-state index contributed by atoms with van der Waals surface area (Å²) in [4.78, 5) is 0. The number of hydrogen-bond donors (Lipinski definition) is 0. The lowest BCUT2D eigenvalue weighted by molar-refractivity contribution is 0.415. The summed E-state index contributed by atoms with van der Waals surface area (Å²) in [6, 6.07) is 2.13. The summed E-state index contributed by atoms with van der Waals surface area (Å²) < 4.78 is 2.12. The number of allylic oxidation sites excluding steroid dienone is 1. The SMILES string of the molecule is C=CCn1c(SCC#N)nnc1C1CCCCC1. The Labute approximate surface area is 112 Å². The molecule has 0 amide bonds. The van der Waals surface area contributed by atoms with Gasteiger partial charge in [-0.25, -0.2) is 0 Å². The van der Waals surface area contributed by atoms with Gasteiger partial charge in [-0.2, -0.15) is 5.26 Å².